The molecule has 0 fully saturated rings. The maximum absolute atomic E-state index is 12.4. The Kier molecular flexibility index (Phi) is 5.57. The van der Waals surface area contributed by atoms with Gasteiger partial charge in [-0.2, -0.15) is 5.10 Å². The number of carbonyl (C=O) groups is 1. The lowest BCUT2D eigenvalue weighted by Crippen LogP contribution is -2.29. The van der Waals surface area contributed by atoms with Gasteiger partial charge in [0.25, 0.3) is 5.56 Å². The normalized spacial score (nSPS) is 11.0. The van der Waals surface area contributed by atoms with E-state index in [-0.39, 0.29) is 24.4 Å². The summed E-state index contributed by atoms with van der Waals surface area (Å²) in [6.45, 7) is 3.47. The van der Waals surface area contributed by atoms with Crippen LogP contribution in [0, 0.1) is 4.77 Å². The third-order valence-electron chi connectivity index (χ3n) is 4.14. The van der Waals surface area contributed by atoms with Crippen LogP contribution in [0.25, 0.3) is 10.9 Å². The highest BCUT2D eigenvalue weighted by molar-refractivity contribution is 7.71. The smallest absolute Gasteiger partial charge is 0.261 e. The first-order chi connectivity index (χ1) is 12.6. The van der Waals surface area contributed by atoms with E-state index >= 15 is 0 Å². The number of nitrogens with one attached hydrogen (secondary N) is 2. The molecule has 8 nitrogen and oxygen atoms in total. The molecule has 9 heteroatoms. The van der Waals surface area contributed by atoms with E-state index in [9.17, 15) is 9.59 Å². The van der Waals surface area contributed by atoms with Crippen LogP contribution in [-0.4, -0.2) is 36.8 Å². The second-order valence-electron chi connectivity index (χ2n) is 5.80. The van der Waals surface area contributed by atoms with Gasteiger partial charge in [0.15, 0.2) is 4.77 Å². The fraction of sp³-hybridized carbons (Fsp3) is 0.353. The van der Waals surface area contributed by atoms with Crippen LogP contribution in [-0.2, 0) is 24.3 Å². The molecule has 2 N–H and O–H groups in total. The first-order valence-electron chi connectivity index (χ1n) is 8.45. The Morgan fingerprint density at radius 2 is 2.15 bits per heavy atom. The Morgan fingerprint density at radius 1 is 1.35 bits per heavy atom. The summed E-state index contributed by atoms with van der Waals surface area (Å²) in [6.07, 6.45) is 2.28. The summed E-state index contributed by atoms with van der Waals surface area (Å²) >= 11 is 5.13. The monoisotopic (exact) mass is 372 g/mol. The zero-order valence-electron chi connectivity index (χ0n) is 14.4. The van der Waals surface area contributed by atoms with E-state index < -0.39 is 0 Å². The fourth-order valence-corrected chi connectivity index (χ4v) is 3.04. The van der Waals surface area contributed by atoms with E-state index in [0.29, 0.717) is 28.6 Å². The Bertz CT molecular complexity index is 1040. The number of rotatable bonds is 7. The number of hydrogen-bond acceptors (Lipinski definition) is 5. The van der Waals surface area contributed by atoms with Crippen LogP contribution < -0.4 is 10.9 Å². The lowest BCUT2D eigenvalue weighted by atomic mass is 10.2. The molecule has 0 saturated carbocycles. The number of fused-ring (bicyclic) bond motifs is 1. The second-order valence-corrected chi connectivity index (χ2v) is 6.19. The van der Waals surface area contributed by atoms with E-state index in [2.05, 4.69) is 20.5 Å². The Hall–Kier alpha value is -2.81. The molecule has 0 saturated heterocycles. The van der Waals surface area contributed by atoms with Crippen molar-refractivity contribution in [1.82, 2.24) is 29.6 Å². The van der Waals surface area contributed by atoms with Crippen LogP contribution in [0.1, 0.15) is 19.2 Å². The lowest BCUT2D eigenvalue weighted by Gasteiger charge is -2.08. The maximum Gasteiger partial charge on any atom is 0.261 e. The maximum atomic E-state index is 12.4. The largest absolute Gasteiger partial charge is 0.356 e. The molecule has 0 atom stereocenters. The molecule has 1 amide bonds. The topological polar surface area (TPSA) is 97.6 Å². The minimum Gasteiger partial charge on any atom is -0.356 e. The third-order valence-corrected chi connectivity index (χ3v) is 4.45. The van der Waals surface area contributed by atoms with Crippen molar-refractivity contribution in [2.75, 3.05) is 6.54 Å². The molecule has 0 bridgehead atoms. The molecule has 0 aliphatic heterocycles. The van der Waals surface area contributed by atoms with E-state index in [1.165, 1.54) is 10.9 Å². The number of para-hydroxylation sites is 1. The van der Waals surface area contributed by atoms with Crippen molar-refractivity contribution in [3.8, 4) is 0 Å². The number of carbonyl (C=O) groups excluding carboxylic acids is 1. The van der Waals surface area contributed by atoms with Crippen molar-refractivity contribution in [1.29, 1.82) is 0 Å². The highest BCUT2D eigenvalue weighted by atomic mass is 32.1. The average molecular weight is 372 g/mol. The quantitative estimate of drug-likeness (QED) is 0.611. The molecule has 1 aromatic carbocycles. The molecule has 3 rings (SSSR count). The molecular formula is C17H20N6O2S. The molecule has 26 heavy (non-hydrogen) atoms. The van der Waals surface area contributed by atoms with E-state index in [1.807, 2.05) is 17.6 Å². The van der Waals surface area contributed by atoms with Gasteiger partial charge in [-0.3, -0.25) is 19.3 Å². The first-order valence-corrected chi connectivity index (χ1v) is 8.86. The zero-order chi connectivity index (χ0) is 18.5. The molecule has 2 heterocycles. The number of benzene rings is 1. The van der Waals surface area contributed by atoms with Gasteiger partial charge in [0, 0.05) is 32.5 Å². The van der Waals surface area contributed by atoms with Gasteiger partial charge in [0.05, 0.1) is 17.2 Å². The van der Waals surface area contributed by atoms with Gasteiger partial charge < -0.3 is 9.88 Å². The van der Waals surface area contributed by atoms with E-state index in [1.54, 1.807) is 18.2 Å². The average Bonchev–Trinajstić information content (AvgIpc) is 3.01. The SMILES string of the molecule is CCn1c(CCNC(=O)CCn2cnc3ccccc3c2=O)n[nH]c1=S. The molecule has 0 aliphatic rings. The van der Waals surface area contributed by atoms with Gasteiger partial charge in [-0.05, 0) is 31.3 Å². The number of aryl methyl sites for hydroxylation is 1. The highest BCUT2D eigenvalue weighted by Crippen LogP contribution is 2.05. The number of nitrogens with zero attached hydrogens (tertiary/aromatic N) is 4. The summed E-state index contributed by atoms with van der Waals surface area (Å²) in [5.41, 5.74) is 0.518. The standard InChI is InChI=1S/C17H20N6O2S/c1-2-23-14(20-21-17(23)26)7-9-18-15(24)8-10-22-11-19-13-6-4-3-5-12(13)16(22)25/h3-6,11H,2,7-10H2,1H3,(H,18,24)(H,21,26). The summed E-state index contributed by atoms with van der Waals surface area (Å²) in [6, 6.07) is 7.17. The van der Waals surface area contributed by atoms with Crippen LogP contribution in [0.5, 0.6) is 0 Å². The van der Waals surface area contributed by atoms with E-state index in [4.69, 9.17) is 12.2 Å². The molecule has 3 aromatic rings. The number of aromatic nitrogens is 5. The molecule has 0 spiro atoms. The first kappa shape index (κ1) is 18.0. The minimum atomic E-state index is -0.137. The van der Waals surface area contributed by atoms with Gasteiger partial charge >= 0.3 is 0 Å². The third kappa shape index (κ3) is 3.88. The Balaban J connectivity index is 1.54. The summed E-state index contributed by atoms with van der Waals surface area (Å²) in [5, 5.41) is 10.3. The number of H-pyrrole nitrogens is 1. The predicted octanol–water partition coefficient (Wildman–Crippen LogP) is 1.42. The van der Waals surface area contributed by atoms with Crippen LogP contribution >= 0.6 is 12.2 Å². The van der Waals surface area contributed by atoms with Crippen molar-refractivity contribution in [3.63, 3.8) is 0 Å². The summed E-state index contributed by atoms with van der Waals surface area (Å²) in [4.78, 5) is 28.7. The Morgan fingerprint density at radius 3 is 2.96 bits per heavy atom. The van der Waals surface area contributed by atoms with Crippen LogP contribution in [0.2, 0.25) is 0 Å². The van der Waals surface area contributed by atoms with Crippen molar-refractivity contribution in [2.45, 2.75) is 32.9 Å². The molecule has 0 aliphatic carbocycles. The van der Waals surface area contributed by atoms with Crippen LogP contribution in [0.15, 0.2) is 35.4 Å². The fourth-order valence-electron chi connectivity index (χ4n) is 2.76. The molecule has 0 radical (unpaired) electrons. The summed E-state index contributed by atoms with van der Waals surface area (Å²) in [7, 11) is 0. The van der Waals surface area contributed by atoms with Gasteiger partial charge in [0.1, 0.15) is 5.82 Å². The molecule has 2 aromatic heterocycles. The predicted molar refractivity (Wildman–Crippen MR) is 100 cm³/mol. The van der Waals surface area contributed by atoms with Crippen LogP contribution in [0.3, 0.4) is 0 Å². The van der Waals surface area contributed by atoms with Crippen molar-refractivity contribution < 1.29 is 4.79 Å². The van der Waals surface area contributed by atoms with E-state index in [0.717, 1.165) is 12.4 Å². The summed E-state index contributed by atoms with van der Waals surface area (Å²) < 4.78 is 3.93. The molecule has 136 valence electrons. The number of hydrogen-bond donors (Lipinski definition) is 2. The van der Waals surface area contributed by atoms with Gasteiger partial charge in [-0.15, -0.1) is 0 Å². The van der Waals surface area contributed by atoms with Crippen LogP contribution in [0.4, 0.5) is 0 Å². The number of aromatic amines is 1. The van der Waals surface area contributed by atoms with Crippen molar-refractivity contribution in [3.05, 3.63) is 51.5 Å². The minimum absolute atomic E-state index is 0.123. The molecule has 0 unspecified atom stereocenters. The van der Waals surface area contributed by atoms with Crippen molar-refractivity contribution in [2.24, 2.45) is 0 Å². The zero-order valence-corrected chi connectivity index (χ0v) is 15.3. The molecular weight excluding hydrogens is 352 g/mol. The van der Waals surface area contributed by atoms with Gasteiger partial charge in [0.2, 0.25) is 5.91 Å². The Labute approximate surface area is 154 Å². The highest BCUT2D eigenvalue weighted by Gasteiger charge is 2.08. The second kappa shape index (κ2) is 8.05. The lowest BCUT2D eigenvalue weighted by molar-refractivity contribution is -0.121. The van der Waals surface area contributed by atoms with Gasteiger partial charge in [-0.25, -0.2) is 4.98 Å². The van der Waals surface area contributed by atoms with Gasteiger partial charge in [-0.1, -0.05) is 12.1 Å². The van der Waals surface area contributed by atoms with Crippen molar-refractivity contribution >= 4 is 29.0 Å². The number of amides is 1. The summed E-state index contributed by atoms with van der Waals surface area (Å²) in [5.74, 6) is 0.690.